The fourth-order valence-corrected chi connectivity index (χ4v) is 2.15. The van der Waals surface area contributed by atoms with Gasteiger partial charge in [0.05, 0.1) is 18.4 Å². The van der Waals surface area contributed by atoms with E-state index in [-0.39, 0.29) is 17.2 Å². The number of nitrogens with one attached hydrogen (secondary N) is 1. The number of hydrogen-bond donors (Lipinski definition) is 2. The summed E-state index contributed by atoms with van der Waals surface area (Å²) in [5.74, 6) is -1.34. The molecular weight excluding hydrogens is 258 g/mol. The molecule has 0 aromatic carbocycles. The number of aromatic nitrogens is 2. The molecule has 2 heterocycles. The predicted molar refractivity (Wildman–Crippen MR) is 61.5 cm³/mol. The van der Waals surface area contributed by atoms with E-state index < -0.39 is 11.9 Å². The second-order valence-electron chi connectivity index (χ2n) is 3.39. The minimum absolute atomic E-state index is 0.0988. The van der Waals surface area contributed by atoms with Gasteiger partial charge >= 0.3 is 5.97 Å². The molecule has 0 saturated carbocycles. The van der Waals surface area contributed by atoms with Crippen molar-refractivity contribution in [1.29, 1.82) is 0 Å². The molecule has 2 aromatic rings. The van der Waals surface area contributed by atoms with E-state index in [1.807, 2.05) is 0 Å². The zero-order valence-electron chi connectivity index (χ0n) is 9.34. The second kappa shape index (κ2) is 4.96. The molecular formula is C10H9N3O4S. The lowest BCUT2D eigenvalue weighted by Crippen LogP contribution is -2.22. The first kappa shape index (κ1) is 12.2. The van der Waals surface area contributed by atoms with Crippen molar-refractivity contribution >= 4 is 23.2 Å². The average molecular weight is 267 g/mol. The summed E-state index contributed by atoms with van der Waals surface area (Å²) in [6.07, 6.45) is 1.37. The van der Waals surface area contributed by atoms with Crippen molar-refractivity contribution in [2.24, 2.45) is 0 Å². The van der Waals surface area contributed by atoms with Crippen molar-refractivity contribution in [2.75, 3.05) is 0 Å². The molecule has 2 aromatic heterocycles. The van der Waals surface area contributed by atoms with Crippen LogP contribution in [0.2, 0.25) is 0 Å². The standard InChI is InChI=1S/C10H9N3O4S/c1-5-8(10(15)16)18-7(13-5)4-11-9(14)6-2-3-12-17-6/h2-3H,4H2,1H3,(H,11,14)(H,15,16). The highest BCUT2D eigenvalue weighted by atomic mass is 32.1. The first-order valence-corrected chi connectivity index (χ1v) is 5.78. The molecule has 7 nitrogen and oxygen atoms in total. The molecule has 0 spiro atoms. The molecule has 0 fully saturated rings. The molecule has 0 atom stereocenters. The second-order valence-corrected chi connectivity index (χ2v) is 4.47. The highest BCUT2D eigenvalue weighted by molar-refractivity contribution is 7.13. The minimum atomic E-state index is -1.02. The van der Waals surface area contributed by atoms with Crippen LogP contribution in [-0.4, -0.2) is 27.1 Å². The maximum Gasteiger partial charge on any atom is 0.347 e. The Labute approximate surface area is 105 Å². The number of aryl methyl sites for hydroxylation is 1. The van der Waals surface area contributed by atoms with Crippen molar-refractivity contribution in [1.82, 2.24) is 15.5 Å². The van der Waals surface area contributed by atoms with E-state index in [4.69, 9.17) is 5.11 Å². The fraction of sp³-hybridized carbons (Fsp3) is 0.200. The normalized spacial score (nSPS) is 10.3. The van der Waals surface area contributed by atoms with Gasteiger partial charge in [0.2, 0.25) is 5.76 Å². The van der Waals surface area contributed by atoms with Crippen LogP contribution in [0, 0.1) is 6.92 Å². The summed E-state index contributed by atoms with van der Waals surface area (Å²) in [5, 5.41) is 15.4. The number of aromatic carboxylic acids is 1. The van der Waals surface area contributed by atoms with E-state index in [1.165, 1.54) is 12.3 Å². The average Bonchev–Trinajstić information content (AvgIpc) is 2.94. The third-order valence-corrected chi connectivity index (χ3v) is 3.24. The number of carboxylic acid groups (broad SMARTS) is 1. The van der Waals surface area contributed by atoms with Gasteiger partial charge in [-0.3, -0.25) is 4.79 Å². The van der Waals surface area contributed by atoms with Gasteiger partial charge in [0.1, 0.15) is 9.88 Å². The Bertz CT molecular complexity index is 576. The van der Waals surface area contributed by atoms with E-state index in [1.54, 1.807) is 6.92 Å². The third kappa shape index (κ3) is 2.54. The summed E-state index contributed by atoms with van der Waals surface area (Å²) >= 11 is 1.04. The van der Waals surface area contributed by atoms with Crippen molar-refractivity contribution in [3.8, 4) is 0 Å². The van der Waals surface area contributed by atoms with Gasteiger partial charge in [0.25, 0.3) is 5.91 Å². The number of carbonyl (C=O) groups excluding carboxylic acids is 1. The van der Waals surface area contributed by atoms with Crippen LogP contribution in [0.1, 0.15) is 30.9 Å². The first-order chi connectivity index (χ1) is 8.58. The van der Waals surface area contributed by atoms with E-state index in [2.05, 4.69) is 20.0 Å². The van der Waals surface area contributed by atoms with Gasteiger partial charge in [-0.15, -0.1) is 11.3 Å². The van der Waals surface area contributed by atoms with Crippen molar-refractivity contribution in [2.45, 2.75) is 13.5 Å². The summed E-state index contributed by atoms with van der Waals surface area (Å²) < 4.78 is 4.68. The first-order valence-electron chi connectivity index (χ1n) is 4.96. The lowest BCUT2D eigenvalue weighted by molar-refractivity contribution is 0.0701. The summed E-state index contributed by atoms with van der Waals surface area (Å²) in [4.78, 5) is 26.6. The van der Waals surface area contributed by atoms with Gasteiger partial charge in [-0.2, -0.15) is 0 Å². The van der Waals surface area contributed by atoms with E-state index in [0.29, 0.717) is 10.7 Å². The van der Waals surface area contributed by atoms with Gasteiger partial charge in [-0.1, -0.05) is 5.16 Å². The van der Waals surface area contributed by atoms with Gasteiger partial charge in [0.15, 0.2) is 0 Å². The Hall–Kier alpha value is -2.22. The Morgan fingerprint density at radius 1 is 1.56 bits per heavy atom. The number of nitrogens with zero attached hydrogens (tertiary/aromatic N) is 2. The molecule has 0 radical (unpaired) electrons. The molecule has 8 heteroatoms. The molecule has 0 aliphatic heterocycles. The quantitative estimate of drug-likeness (QED) is 0.858. The van der Waals surface area contributed by atoms with E-state index in [9.17, 15) is 9.59 Å². The molecule has 0 aliphatic carbocycles. The molecule has 0 saturated heterocycles. The van der Waals surface area contributed by atoms with E-state index >= 15 is 0 Å². The van der Waals surface area contributed by atoms with Gasteiger partial charge in [0, 0.05) is 6.07 Å². The monoisotopic (exact) mass is 267 g/mol. The predicted octanol–water partition coefficient (Wildman–Crippen LogP) is 1.07. The van der Waals surface area contributed by atoms with Crippen LogP contribution in [0.4, 0.5) is 0 Å². The minimum Gasteiger partial charge on any atom is -0.477 e. The molecule has 18 heavy (non-hydrogen) atoms. The van der Waals surface area contributed by atoms with Gasteiger partial charge in [-0.05, 0) is 6.92 Å². The van der Waals surface area contributed by atoms with E-state index in [0.717, 1.165) is 11.3 Å². The molecule has 1 amide bonds. The third-order valence-electron chi connectivity index (χ3n) is 2.10. The van der Waals surface area contributed by atoms with Crippen molar-refractivity contribution in [3.63, 3.8) is 0 Å². The summed E-state index contributed by atoms with van der Waals surface area (Å²) in [6.45, 7) is 1.76. The van der Waals surface area contributed by atoms with Crippen LogP contribution < -0.4 is 5.32 Å². The van der Waals surface area contributed by atoms with Crippen LogP contribution >= 0.6 is 11.3 Å². The number of rotatable bonds is 4. The summed E-state index contributed by atoms with van der Waals surface area (Å²) in [7, 11) is 0. The Kier molecular flexibility index (Phi) is 3.38. The molecule has 2 N–H and O–H groups in total. The number of carboxylic acids is 1. The zero-order valence-corrected chi connectivity index (χ0v) is 10.2. The summed E-state index contributed by atoms with van der Waals surface area (Å²) in [5.41, 5.74) is 0.441. The molecule has 0 unspecified atom stereocenters. The fourth-order valence-electron chi connectivity index (χ4n) is 1.30. The smallest absolute Gasteiger partial charge is 0.347 e. The van der Waals surface area contributed by atoms with Crippen molar-refractivity contribution < 1.29 is 19.2 Å². The summed E-state index contributed by atoms with van der Waals surface area (Å²) in [6, 6.07) is 1.44. The maximum absolute atomic E-state index is 11.5. The van der Waals surface area contributed by atoms with Crippen molar-refractivity contribution in [3.05, 3.63) is 33.6 Å². The van der Waals surface area contributed by atoms with Gasteiger partial charge in [-0.25, -0.2) is 9.78 Å². The lowest BCUT2D eigenvalue weighted by atomic mass is 10.4. The van der Waals surface area contributed by atoms with Crippen LogP contribution in [0.3, 0.4) is 0 Å². The zero-order chi connectivity index (χ0) is 13.1. The molecule has 0 aliphatic rings. The molecule has 2 rings (SSSR count). The number of hydrogen-bond acceptors (Lipinski definition) is 6. The SMILES string of the molecule is Cc1nc(CNC(=O)c2ccno2)sc1C(=O)O. The van der Waals surface area contributed by atoms with Crippen LogP contribution in [0.5, 0.6) is 0 Å². The lowest BCUT2D eigenvalue weighted by Gasteiger charge is -1.98. The van der Waals surface area contributed by atoms with Crippen LogP contribution in [-0.2, 0) is 6.54 Å². The van der Waals surface area contributed by atoms with Crippen LogP contribution in [0.15, 0.2) is 16.8 Å². The van der Waals surface area contributed by atoms with Crippen LogP contribution in [0.25, 0.3) is 0 Å². The van der Waals surface area contributed by atoms with Gasteiger partial charge < -0.3 is 14.9 Å². The number of amides is 1. The molecule has 0 bridgehead atoms. The number of thiazole rings is 1. The Balaban J connectivity index is 2.01. The Morgan fingerprint density at radius 3 is 2.89 bits per heavy atom. The topological polar surface area (TPSA) is 105 Å². The molecule has 94 valence electrons. The number of carbonyl (C=O) groups is 2. The highest BCUT2D eigenvalue weighted by Crippen LogP contribution is 2.17. The largest absolute Gasteiger partial charge is 0.477 e. The Morgan fingerprint density at radius 2 is 2.33 bits per heavy atom. The maximum atomic E-state index is 11.5. The highest BCUT2D eigenvalue weighted by Gasteiger charge is 2.15.